The molecule has 3 amide bonds. The average molecular weight is 417 g/mol. The van der Waals surface area contributed by atoms with Gasteiger partial charge in [-0.05, 0) is 65.1 Å². The molecule has 0 aliphatic carbocycles. The summed E-state index contributed by atoms with van der Waals surface area (Å²) in [7, 11) is 0. The van der Waals surface area contributed by atoms with Gasteiger partial charge < -0.3 is 25.2 Å². The average Bonchev–Trinajstić information content (AvgIpc) is 3.20. The molecule has 30 heavy (non-hydrogen) atoms. The minimum Gasteiger partial charge on any atom is -0.444 e. The van der Waals surface area contributed by atoms with Gasteiger partial charge in [0.25, 0.3) is 0 Å². The molecule has 0 saturated carbocycles. The number of hydrogen-bond acceptors (Lipinski definition) is 4. The van der Waals surface area contributed by atoms with Crippen LogP contribution in [-0.4, -0.2) is 66.3 Å². The third-order valence-corrected chi connectivity index (χ3v) is 5.63. The third kappa shape index (κ3) is 6.90. The number of carbonyl (C=O) groups is 2. The van der Waals surface area contributed by atoms with E-state index in [-0.39, 0.29) is 24.2 Å². The number of piperidine rings is 1. The first-order valence-electron chi connectivity index (χ1n) is 11.1. The van der Waals surface area contributed by atoms with Crippen molar-refractivity contribution in [2.24, 2.45) is 0 Å². The van der Waals surface area contributed by atoms with E-state index in [2.05, 4.69) is 27.7 Å². The summed E-state index contributed by atoms with van der Waals surface area (Å²) in [4.78, 5) is 29.1. The van der Waals surface area contributed by atoms with Crippen molar-refractivity contribution in [1.29, 1.82) is 0 Å². The fourth-order valence-electron chi connectivity index (χ4n) is 4.06. The van der Waals surface area contributed by atoms with Crippen LogP contribution in [-0.2, 0) is 4.74 Å². The molecule has 7 heteroatoms. The van der Waals surface area contributed by atoms with Crippen molar-refractivity contribution in [3.8, 4) is 0 Å². The number of hydrogen-bond donors (Lipinski definition) is 2. The number of amides is 3. The van der Waals surface area contributed by atoms with Gasteiger partial charge >= 0.3 is 12.1 Å². The first-order valence-corrected chi connectivity index (χ1v) is 11.1. The number of nitrogens with one attached hydrogen (secondary N) is 2. The minimum absolute atomic E-state index is 0.0360. The van der Waals surface area contributed by atoms with Crippen molar-refractivity contribution >= 4 is 12.1 Å². The summed E-state index contributed by atoms with van der Waals surface area (Å²) in [6, 6.07) is 10.0. The minimum atomic E-state index is -0.492. The molecule has 0 spiro atoms. The van der Waals surface area contributed by atoms with Gasteiger partial charge in [-0.3, -0.25) is 0 Å². The molecule has 0 aromatic heterocycles. The lowest BCUT2D eigenvalue weighted by Crippen LogP contribution is -2.51. The lowest BCUT2D eigenvalue weighted by atomic mass is 10.1. The number of likely N-dealkylation sites (tertiary alicyclic amines) is 2. The highest BCUT2D eigenvalue weighted by Gasteiger charge is 2.28. The van der Waals surface area contributed by atoms with Gasteiger partial charge in [0.1, 0.15) is 5.60 Å². The Morgan fingerprint density at radius 1 is 1.07 bits per heavy atom. The maximum Gasteiger partial charge on any atom is 0.410 e. The van der Waals surface area contributed by atoms with E-state index in [0.717, 1.165) is 38.0 Å². The summed E-state index contributed by atoms with van der Waals surface area (Å²) in [5.41, 5.74) is 0.632. The van der Waals surface area contributed by atoms with Crippen molar-refractivity contribution in [2.75, 3.05) is 32.7 Å². The molecular weight excluding hydrogens is 380 g/mol. The van der Waals surface area contributed by atoms with E-state index >= 15 is 0 Å². The Labute approximate surface area is 180 Å². The molecule has 1 atom stereocenters. The van der Waals surface area contributed by atoms with Crippen molar-refractivity contribution in [1.82, 2.24) is 20.4 Å². The largest absolute Gasteiger partial charge is 0.444 e. The quantitative estimate of drug-likeness (QED) is 0.770. The van der Waals surface area contributed by atoms with E-state index in [1.807, 2.05) is 39.0 Å². The van der Waals surface area contributed by atoms with Crippen LogP contribution in [0.15, 0.2) is 30.3 Å². The zero-order valence-corrected chi connectivity index (χ0v) is 18.5. The van der Waals surface area contributed by atoms with E-state index in [1.54, 1.807) is 4.90 Å². The molecule has 7 nitrogen and oxygen atoms in total. The first-order chi connectivity index (χ1) is 14.3. The van der Waals surface area contributed by atoms with Crippen LogP contribution < -0.4 is 10.6 Å². The fourth-order valence-corrected chi connectivity index (χ4v) is 4.06. The molecule has 3 rings (SSSR count). The van der Waals surface area contributed by atoms with Crippen molar-refractivity contribution in [3.63, 3.8) is 0 Å². The van der Waals surface area contributed by atoms with E-state index < -0.39 is 5.60 Å². The molecule has 2 aliphatic heterocycles. The summed E-state index contributed by atoms with van der Waals surface area (Å²) < 4.78 is 5.44. The molecule has 1 aromatic rings. The smallest absolute Gasteiger partial charge is 0.410 e. The molecule has 2 fully saturated rings. The maximum absolute atomic E-state index is 12.7. The second-order valence-corrected chi connectivity index (χ2v) is 9.33. The van der Waals surface area contributed by atoms with Gasteiger partial charge in [0.05, 0.1) is 6.04 Å². The predicted octanol–water partition coefficient (Wildman–Crippen LogP) is 3.52. The highest BCUT2D eigenvalue weighted by Crippen LogP contribution is 2.19. The molecule has 0 radical (unpaired) electrons. The molecular formula is C23H36N4O3. The molecule has 1 aromatic carbocycles. The monoisotopic (exact) mass is 416 g/mol. The third-order valence-electron chi connectivity index (χ3n) is 5.63. The standard InChI is InChI=1S/C23H36N4O3/c1-23(2,3)30-22(29)27-15-11-19(12-16-27)24-21(28)25-20(17-26-13-7-8-14-26)18-9-5-4-6-10-18/h4-6,9-10,19-20H,7-8,11-17H2,1-3H3,(H2,24,25,28). The highest BCUT2D eigenvalue weighted by molar-refractivity contribution is 5.75. The SMILES string of the molecule is CC(C)(C)OC(=O)N1CCC(NC(=O)NC(CN2CCCC2)c2ccccc2)CC1. The van der Waals surface area contributed by atoms with E-state index in [1.165, 1.54) is 12.8 Å². The van der Waals surface area contributed by atoms with Crippen molar-refractivity contribution < 1.29 is 14.3 Å². The molecule has 2 aliphatic rings. The second kappa shape index (κ2) is 10.2. The van der Waals surface area contributed by atoms with E-state index in [0.29, 0.717) is 13.1 Å². The Morgan fingerprint density at radius 2 is 1.70 bits per heavy atom. The van der Waals surface area contributed by atoms with Gasteiger partial charge in [-0.25, -0.2) is 9.59 Å². The van der Waals surface area contributed by atoms with Gasteiger partial charge in [0, 0.05) is 25.7 Å². The Kier molecular flexibility index (Phi) is 7.58. The predicted molar refractivity (Wildman–Crippen MR) is 117 cm³/mol. The van der Waals surface area contributed by atoms with Crippen molar-refractivity contribution in [3.05, 3.63) is 35.9 Å². The topological polar surface area (TPSA) is 73.9 Å². The van der Waals surface area contributed by atoms with E-state index in [4.69, 9.17) is 4.74 Å². The summed E-state index contributed by atoms with van der Waals surface area (Å²) >= 11 is 0. The van der Waals surface area contributed by atoms with Gasteiger partial charge in [-0.2, -0.15) is 0 Å². The molecule has 2 N–H and O–H groups in total. The normalized spacial score (nSPS) is 19.4. The van der Waals surface area contributed by atoms with Crippen LogP contribution in [0.4, 0.5) is 9.59 Å². The van der Waals surface area contributed by atoms with E-state index in [9.17, 15) is 9.59 Å². The maximum atomic E-state index is 12.7. The lowest BCUT2D eigenvalue weighted by Gasteiger charge is -2.34. The Morgan fingerprint density at radius 3 is 2.30 bits per heavy atom. The summed E-state index contributed by atoms with van der Waals surface area (Å²) in [6.07, 6.45) is 3.64. The van der Waals surface area contributed by atoms with Gasteiger partial charge in [-0.1, -0.05) is 30.3 Å². The number of urea groups is 1. The van der Waals surface area contributed by atoms with Crippen LogP contribution in [0.1, 0.15) is 58.1 Å². The van der Waals surface area contributed by atoms with Crippen molar-refractivity contribution in [2.45, 2.75) is 64.1 Å². The molecule has 2 saturated heterocycles. The summed E-state index contributed by atoms with van der Waals surface area (Å²) in [5.74, 6) is 0. The number of nitrogens with zero attached hydrogens (tertiary/aromatic N) is 2. The number of benzene rings is 1. The summed E-state index contributed by atoms with van der Waals surface area (Å²) in [6.45, 7) is 9.81. The van der Waals surface area contributed by atoms with Crippen LogP contribution in [0.3, 0.4) is 0 Å². The zero-order valence-electron chi connectivity index (χ0n) is 18.5. The van der Waals surface area contributed by atoms with Crippen LogP contribution in [0, 0.1) is 0 Å². The first kappa shape index (κ1) is 22.4. The summed E-state index contributed by atoms with van der Waals surface area (Å²) in [5, 5.41) is 6.28. The Balaban J connectivity index is 1.49. The molecule has 1 unspecified atom stereocenters. The van der Waals surface area contributed by atoms with Crippen LogP contribution >= 0.6 is 0 Å². The Bertz CT molecular complexity index is 690. The Hall–Kier alpha value is -2.28. The van der Waals surface area contributed by atoms with Crippen LogP contribution in [0.25, 0.3) is 0 Å². The van der Waals surface area contributed by atoms with Crippen LogP contribution in [0.5, 0.6) is 0 Å². The fraction of sp³-hybridized carbons (Fsp3) is 0.652. The van der Waals surface area contributed by atoms with Crippen LogP contribution in [0.2, 0.25) is 0 Å². The highest BCUT2D eigenvalue weighted by atomic mass is 16.6. The molecule has 0 bridgehead atoms. The second-order valence-electron chi connectivity index (χ2n) is 9.33. The van der Waals surface area contributed by atoms with Gasteiger partial charge in [-0.15, -0.1) is 0 Å². The zero-order chi connectivity index (χ0) is 21.6. The number of ether oxygens (including phenoxy) is 1. The number of rotatable bonds is 5. The van der Waals surface area contributed by atoms with Gasteiger partial charge in [0.15, 0.2) is 0 Å². The van der Waals surface area contributed by atoms with Gasteiger partial charge in [0.2, 0.25) is 0 Å². The molecule has 166 valence electrons. The number of carbonyl (C=O) groups excluding carboxylic acids is 2. The molecule has 2 heterocycles. The lowest BCUT2D eigenvalue weighted by molar-refractivity contribution is 0.0201.